The molecule has 33 heavy (non-hydrogen) atoms. The number of carbonyl (C=O) groups is 2. The van der Waals surface area contributed by atoms with Crippen LogP contribution in [0.15, 0.2) is 60.8 Å². The number of fused-ring (bicyclic) bond motifs is 1. The van der Waals surface area contributed by atoms with Gasteiger partial charge >= 0.3 is 0 Å². The first-order valence-corrected chi connectivity index (χ1v) is 12.4. The predicted molar refractivity (Wildman–Crippen MR) is 131 cm³/mol. The van der Waals surface area contributed by atoms with Gasteiger partial charge in [0.15, 0.2) is 0 Å². The molecule has 172 valence electrons. The summed E-state index contributed by atoms with van der Waals surface area (Å²) in [6.07, 6.45) is 9.11. The van der Waals surface area contributed by atoms with E-state index in [4.69, 9.17) is 0 Å². The van der Waals surface area contributed by atoms with Crippen LogP contribution in [0.25, 0.3) is 10.9 Å². The van der Waals surface area contributed by atoms with E-state index < -0.39 is 0 Å². The van der Waals surface area contributed by atoms with E-state index in [0.29, 0.717) is 13.1 Å². The number of carbonyl (C=O) groups excluding carboxylic acids is 2. The molecule has 2 aliphatic rings. The number of H-pyrrole nitrogens is 1. The summed E-state index contributed by atoms with van der Waals surface area (Å²) in [5.74, 6) is 0.378. The molecule has 0 bridgehead atoms. The third kappa shape index (κ3) is 5.13. The van der Waals surface area contributed by atoms with Crippen molar-refractivity contribution in [3.05, 3.63) is 71.9 Å². The molecule has 5 heteroatoms. The Balaban J connectivity index is 1.31. The molecule has 1 heterocycles. The molecule has 2 fully saturated rings. The molecule has 0 atom stereocenters. The van der Waals surface area contributed by atoms with Gasteiger partial charge in [0.1, 0.15) is 6.54 Å². The minimum Gasteiger partial charge on any atom is -0.361 e. The maximum atomic E-state index is 13.6. The maximum Gasteiger partial charge on any atom is 0.242 e. The van der Waals surface area contributed by atoms with Gasteiger partial charge in [-0.2, -0.15) is 0 Å². The van der Waals surface area contributed by atoms with Gasteiger partial charge in [-0.25, -0.2) is 0 Å². The Bertz CT molecular complexity index is 1100. The zero-order valence-electron chi connectivity index (χ0n) is 19.2. The summed E-state index contributed by atoms with van der Waals surface area (Å²) in [4.78, 5) is 33.9. The van der Waals surface area contributed by atoms with E-state index in [2.05, 4.69) is 41.5 Å². The number of rotatable bonds is 9. The van der Waals surface area contributed by atoms with Crippen LogP contribution >= 0.6 is 0 Å². The molecule has 0 radical (unpaired) electrons. The molecular formula is C28H33N3O2. The van der Waals surface area contributed by atoms with Crippen molar-refractivity contribution in [3.8, 4) is 0 Å². The van der Waals surface area contributed by atoms with Crippen LogP contribution in [0.4, 0.5) is 0 Å². The Hall–Kier alpha value is -3.08. The van der Waals surface area contributed by atoms with Crippen molar-refractivity contribution in [3.63, 3.8) is 0 Å². The van der Waals surface area contributed by atoms with E-state index in [1.165, 1.54) is 10.9 Å². The number of hydrogen-bond donors (Lipinski definition) is 1. The van der Waals surface area contributed by atoms with E-state index in [0.717, 1.165) is 56.0 Å². The zero-order valence-corrected chi connectivity index (χ0v) is 19.2. The standard InChI is InChI=1S/C28H33N3O2/c32-27(20-31(24-14-15-24)28(33)22-10-4-5-11-22)30(19-21-8-2-1-3-9-21)17-16-23-18-29-26-13-7-6-12-25(23)26/h1-3,6-9,12-13,18,22,24,29H,4-5,10-11,14-17,19-20H2. The minimum atomic E-state index is 0.0527. The van der Waals surface area contributed by atoms with Gasteiger partial charge in [-0.15, -0.1) is 0 Å². The van der Waals surface area contributed by atoms with Gasteiger partial charge in [-0.1, -0.05) is 61.4 Å². The third-order valence-electron chi connectivity index (χ3n) is 7.18. The molecule has 0 unspecified atom stereocenters. The van der Waals surface area contributed by atoms with Crippen LogP contribution in [0.2, 0.25) is 0 Å². The molecular weight excluding hydrogens is 410 g/mol. The highest BCUT2D eigenvalue weighted by Crippen LogP contribution is 2.33. The molecule has 3 aromatic rings. The first-order chi connectivity index (χ1) is 16.2. The second-order valence-corrected chi connectivity index (χ2v) is 9.59. The second-order valence-electron chi connectivity index (χ2n) is 9.59. The topological polar surface area (TPSA) is 56.4 Å². The van der Waals surface area contributed by atoms with Crippen molar-refractivity contribution >= 4 is 22.7 Å². The van der Waals surface area contributed by atoms with Gasteiger partial charge in [-0.05, 0) is 49.3 Å². The zero-order chi connectivity index (χ0) is 22.6. The molecule has 5 rings (SSSR count). The van der Waals surface area contributed by atoms with Crippen molar-refractivity contribution < 1.29 is 9.59 Å². The summed E-state index contributed by atoms with van der Waals surface area (Å²) in [6.45, 7) is 1.41. The van der Waals surface area contributed by atoms with Crippen molar-refractivity contribution in [2.24, 2.45) is 5.92 Å². The third-order valence-corrected chi connectivity index (χ3v) is 7.18. The van der Waals surface area contributed by atoms with Crippen LogP contribution < -0.4 is 0 Å². The Morgan fingerprint density at radius 3 is 2.39 bits per heavy atom. The Morgan fingerprint density at radius 2 is 1.64 bits per heavy atom. The molecule has 2 aliphatic carbocycles. The van der Waals surface area contributed by atoms with Gasteiger partial charge < -0.3 is 14.8 Å². The Labute approximate surface area is 195 Å². The summed E-state index contributed by atoms with van der Waals surface area (Å²) < 4.78 is 0. The average Bonchev–Trinajstić information content (AvgIpc) is 3.37. The quantitative estimate of drug-likeness (QED) is 0.510. The number of hydrogen-bond acceptors (Lipinski definition) is 2. The molecule has 5 nitrogen and oxygen atoms in total. The molecule has 1 N–H and O–H groups in total. The molecule has 2 saturated carbocycles. The number of amides is 2. The van der Waals surface area contributed by atoms with Crippen LogP contribution in [0.3, 0.4) is 0 Å². The fourth-order valence-electron chi connectivity index (χ4n) is 5.12. The smallest absolute Gasteiger partial charge is 0.242 e. The first kappa shape index (κ1) is 21.7. The Kier molecular flexibility index (Phi) is 6.47. The van der Waals surface area contributed by atoms with Crippen molar-refractivity contribution in [2.75, 3.05) is 13.1 Å². The lowest BCUT2D eigenvalue weighted by atomic mass is 10.1. The molecule has 1 aromatic heterocycles. The predicted octanol–water partition coefficient (Wildman–Crippen LogP) is 4.92. The number of nitrogens with zero attached hydrogens (tertiary/aromatic N) is 2. The minimum absolute atomic E-state index is 0.0527. The summed E-state index contributed by atoms with van der Waals surface area (Å²) in [7, 11) is 0. The fourth-order valence-corrected chi connectivity index (χ4v) is 5.12. The summed E-state index contributed by atoms with van der Waals surface area (Å²) >= 11 is 0. The monoisotopic (exact) mass is 443 g/mol. The first-order valence-electron chi connectivity index (χ1n) is 12.4. The lowest BCUT2D eigenvalue weighted by Crippen LogP contribution is -2.46. The number of para-hydroxylation sites is 1. The van der Waals surface area contributed by atoms with Crippen molar-refractivity contribution in [1.29, 1.82) is 0 Å². The fraction of sp³-hybridized carbons (Fsp3) is 0.429. The van der Waals surface area contributed by atoms with E-state index in [1.807, 2.05) is 34.1 Å². The summed E-state index contributed by atoms with van der Waals surface area (Å²) in [6, 6.07) is 18.7. The lowest BCUT2D eigenvalue weighted by molar-refractivity contribution is -0.143. The van der Waals surface area contributed by atoms with Crippen molar-refractivity contribution in [2.45, 2.75) is 57.5 Å². The van der Waals surface area contributed by atoms with E-state index >= 15 is 0 Å². The molecule has 2 amide bonds. The van der Waals surface area contributed by atoms with Gasteiger partial charge in [0.25, 0.3) is 0 Å². The largest absolute Gasteiger partial charge is 0.361 e. The van der Waals surface area contributed by atoms with Gasteiger partial charge in [-0.3, -0.25) is 9.59 Å². The number of nitrogens with one attached hydrogen (secondary N) is 1. The molecule has 2 aromatic carbocycles. The number of benzene rings is 2. The SMILES string of the molecule is O=C(CN(C(=O)C1CCCC1)C1CC1)N(CCc1c[nH]c2ccccc12)Cc1ccccc1. The van der Waals surface area contributed by atoms with Crippen LogP contribution in [0.5, 0.6) is 0 Å². The van der Waals surface area contributed by atoms with Crippen molar-refractivity contribution in [1.82, 2.24) is 14.8 Å². The second kappa shape index (κ2) is 9.82. The van der Waals surface area contributed by atoms with Crippen LogP contribution in [0.1, 0.15) is 49.7 Å². The van der Waals surface area contributed by atoms with Crippen LogP contribution in [-0.4, -0.2) is 45.7 Å². The van der Waals surface area contributed by atoms with E-state index in [9.17, 15) is 9.59 Å². The van der Waals surface area contributed by atoms with Gasteiger partial charge in [0.2, 0.25) is 11.8 Å². The molecule has 0 spiro atoms. The molecule has 0 aliphatic heterocycles. The lowest BCUT2D eigenvalue weighted by Gasteiger charge is -2.29. The highest BCUT2D eigenvalue weighted by Gasteiger charge is 2.38. The van der Waals surface area contributed by atoms with Crippen LogP contribution in [-0.2, 0) is 22.6 Å². The number of aromatic nitrogens is 1. The van der Waals surface area contributed by atoms with Crippen LogP contribution in [0, 0.1) is 5.92 Å². The average molecular weight is 444 g/mol. The Morgan fingerprint density at radius 1 is 0.909 bits per heavy atom. The number of aromatic amines is 1. The van der Waals surface area contributed by atoms with E-state index in [1.54, 1.807) is 0 Å². The van der Waals surface area contributed by atoms with Gasteiger partial charge in [0.05, 0.1) is 0 Å². The highest BCUT2D eigenvalue weighted by molar-refractivity contribution is 5.87. The maximum absolute atomic E-state index is 13.6. The van der Waals surface area contributed by atoms with E-state index in [-0.39, 0.29) is 30.3 Å². The normalized spacial score (nSPS) is 16.2. The molecule has 0 saturated heterocycles. The highest BCUT2D eigenvalue weighted by atomic mass is 16.2. The summed E-state index contributed by atoms with van der Waals surface area (Å²) in [5.41, 5.74) is 3.46. The van der Waals surface area contributed by atoms with Gasteiger partial charge in [0, 0.05) is 42.1 Å². The summed E-state index contributed by atoms with van der Waals surface area (Å²) in [5, 5.41) is 1.21.